The van der Waals surface area contributed by atoms with Crippen molar-refractivity contribution < 1.29 is 9.66 Å². The fourth-order valence-corrected chi connectivity index (χ4v) is 2.37. The lowest BCUT2D eigenvalue weighted by Crippen LogP contribution is -2.44. The first kappa shape index (κ1) is 14.0. The molecule has 1 N–H and O–H groups in total. The fourth-order valence-electron chi connectivity index (χ4n) is 2.13. The lowest BCUT2D eigenvalue weighted by atomic mass is 10.2. The first-order chi connectivity index (χ1) is 9.09. The second-order valence-corrected chi connectivity index (χ2v) is 4.85. The third kappa shape index (κ3) is 3.34. The predicted octanol–water partition coefficient (Wildman–Crippen LogP) is 1.67. The molecule has 0 amide bonds. The lowest BCUT2D eigenvalue weighted by molar-refractivity contribution is -0.384. The summed E-state index contributed by atoms with van der Waals surface area (Å²) < 4.78 is 5.59. The Balaban J connectivity index is 2.16. The second kappa shape index (κ2) is 6.18. The summed E-state index contributed by atoms with van der Waals surface area (Å²) in [5.74, 6) is 0. The van der Waals surface area contributed by atoms with Crippen LogP contribution in [0.2, 0.25) is 5.02 Å². The summed E-state index contributed by atoms with van der Waals surface area (Å²) in [6.07, 6.45) is 0.0253. The number of benzene rings is 1. The average molecular weight is 286 g/mol. The number of nitrogens with zero attached hydrogens (tertiary/aromatic N) is 2. The van der Waals surface area contributed by atoms with Crippen molar-refractivity contribution in [3.63, 3.8) is 0 Å². The van der Waals surface area contributed by atoms with E-state index in [1.807, 2.05) is 4.90 Å². The van der Waals surface area contributed by atoms with Crippen molar-refractivity contribution >= 4 is 23.0 Å². The maximum atomic E-state index is 11.1. The van der Waals surface area contributed by atoms with Gasteiger partial charge in [0.05, 0.1) is 17.6 Å². The first-order valence-corrected chi connectivity index (χ1v) is 6.43. The summed E-state index contributed by atoms with van der Waals surface area (Å²) in [5.41, 5.74) is 0.446. The molecule has 6 nitrogen and oxygen atoms in total. The zero-order valence-corrected chi connectivity index (χ0v) is 11.4. The van der Waals surface area contributed by atoms with Crippen molar-refractivity contribution in [1.29, 1.82) is 0 Å². The van der Waals surface area contributed by atoms with E-state index < -0.39 is 4.92 Å². The molecule has 0 aliphatic carbocycles. The van der Waals surface area contributed by atoms with Gasteiger partial charge in [0, 0.05) is 26.7 Å². The Morgan fingerprint density at radius 2 is 2.42 bits per heavy atom. The van der Waals surface area contributed by atoms with Crippen molar-refractivity contribution in [2.24, 2.45) is 0 Å². The van der Waals surface area contributed by atoms with Crippen LogP contribution in [0.4, 0.5) is 11.4 Å². The molecule has 1 saturated heterocycles. The number of ether oxygens (including phenoxy) is 1. The van der Waals surface area contributed by atoms with Crippen LogP contribution in [0.15, 0.2) is 18.2 Å². The molecule has 0 radical (unpaired) electrons. The predicted molar refractivity (Wildman–Crippen MR) is 74.0 cm³/mol. The van der Waals surface area contributed by atoms with Gasteiger partial charge in [-0.3, -0.25) is 10.1 Å². The molecule has 19 heavy (non-hydrogen) atoms. The number of nitrogens with one attached hydrogen (secondary N) is 1. The number of nitro benzene ring substituents is 1. The van der Waals surface area contributed by atoms with Crippen LogP contribution in [0.5, 0.6) is 0 Å². The van der Waals surface area contributed by atoms with Crippen molar-refractivity contribution in [1.82, 2.24) is 5.32 Å². The maximum absolute atomic E-state index is 11.1. The molecule has 0 aromatic heterocycles. The van der Waals surface area contributed by atoms with E-state index in [0.29, 0.717) is 18.8 Å². The van der Waals surface area contributed by atoms with Crippen molar-refractivity contribution in [3.05, 3.63) is 33.3 Å². The van der Waals surface area contributed by atoms with Gasteiger partial charge in [0.15, 0.2) is 0 Å². The number of morpholine rings is 1. The lowest BCUT2D eigenvalue weighted by Gasteiger charge is -2.29. The molecule has 0 bridgehead atoms. The number of hydrogen-bond donors (Lipinski definition) is 1. The molecule has 1 aromatic rings. The molecule has 0 spiro atoms. The third-order valence-corrected chi connectivity index (χ3v) is 3.35. The van der Waals surface area contributed by atoms with Crippen LogP contribution < -0.4 is 10.2 Å². The number of anilines is 1. The van der Waals surface area contributed by atoms with Gasteiger partial charge in [0.2, 0.25) is 0 Å². The largest absolute Gasteiger partial charge is 0.374 e. The summed E-state index contributed by atoms with van der Waals surface area (Å²) in [4.78, 5) is 12.4. The van der Waals surface area contributed by atoms with Gasteiger partial charge in [0.25, 0.3) is 0 Å². The average Bonchev–Trinajstić information content (AvgIpc) is 2.39. The Bertz CT molecular complexity index is 464. The van der Waals surface area contributed by atoms with Crippen LogP contribution in [0.25, 0.3) is 0 Å². The SMILES string of the molecule is CN(CC1CNCCO1)c1cccc(Cl)c1[N+](=O)[O-]. The molecular formula is C12H16ClN3O3. The van der Waals surface area contributed by atoms with Crippen LogP contribution in [0.1, 0.15) is 0 Å². The molecule has 1 heterocycles. The zero-order chi connectivity index (χ0) is 13.8. The van der Waals surface area contributed by atoms with Gasteiger partial charge in [-0.05, 0) is 12.1 Å². The molecular weight excluding hydrogens is 270 g/mol. The standard InChI is InChI=1S/C12H16ClN3O3/c1-15(8-9-7-14-5-6-19-9)11-4-2-3-10(13)12(11)16(17)18/h2-4,9,14H,5-8H2,1H3. The monoisotopic (exact) mass is 285 g/mol. The number of halogens is 1. The molecule has 1 atom stereocenters. The Labute approximate surface area is 116 Å². The number of likely N-dealkylation sites (N-methyl/N-ethyl adjacent to an activating group) is 1. The van der Waals surface area contributed by atoms with E-state index in [2.05, 4.69) is 5.32 Å². The van der Waals surface area contributed by atoms with E-state index in [4.69, 9.17) is 16.3 Å². The minimum atomic E-state index is -0.450. The summed E-state index contributed by atoms with van der Waals surface area (Å²) in [6, 6.07) is 4.93. The van der Waals surface area contributed by atoms with E-state index in [1.165, 1.54) is 6.07 Å². The summed E-state index contributed by atoms with van der Waals surface area (Å²) >= 11 is 5.90. The van der Waals surface area contributed by atoms with Gasteiger partial charge >= 0.3 is 5.69 Å². The Kier molecular flexibility index (Phi) is 4.57. The van der Waals surface area contributed by atoms with Gasteiger partial charge in [0.1, 0.15) is 10.7 Å². The second-order valence-electron chi connectivity index (χ2n) is 4.44. The Hall–Kier alpha value is -1.37. The number of hydrogen-bond acceptors (Lipinski definition) is 5. The molecule has 1 aliphatic rings. The molecule has 1 aliphatic heterocycles. The van der Waals surface area contributed by atoms with E-state index in [0.717, 1.165) is 13.1 Å². The fraction of sp³-hybridized carbons (Fsp3) is 0.500. The van der Waals surface area contributed by atoms with Crippen LogP contribution in [-0.2, 0) is 4.74 Å². The molecule has 0 saturated carbocycles. The summed E-state index contributed by atoms with van der Waals surface area (Å²) in [6.45, 7) is 2.83. The van der Waals surface area contributed by atoms with Crippen LogP contribution in [-0.4, -0.2) is 44.3 Å². The van der Waals surface area contributed by atoms with E-state index >= 15 is 0 Å². The van der Waals surface area contributed by atoms with E-state index in [1.54, 1.807) is 19.2 Å². The highest BCUT2D eigenvalue weighted by atomic mass is 35.5. The quantitative estimate of drug-likeness (QED) is 0.673. The highest BCUT2D eigenvalue weighted by molar-refractivity contribution is 6.33. The molecule has 7 heteroatoms. The molecule has 1 aromatic carbocycles. The maximum Gasteiger partial charge on any atom is 0.310 e. The number of nitro groups is 1. The number of para-hydroxylation sites is 1. The topological polar surface area (TPSA) is 67.6 Å². The minimum absolute atomic E-state index is 0.0253. The highest BCUT2D eigenvalue weighted by Crippen LogP contribution is 2.34. The van der Waals surface area contributed by atoms with Gasteiger partial charge in [-0.2, -0.15) is 0 Å². The molecule has 2 rings (SSSR count). The zero-order valence-electron chi connectivity index (χ0n) is 10.6. The first-order valence-electron chi connectivity index (χ1n) is 6.06. The number of rotatable bonds is 4. The summed E-state index contributed by atoms with van der Waals surface area (Å²) in [5, 5.41) is 14.5. The van der Waals surface area contributed by atoms with Crippen LogP contribution >= 0.6 is 11.6 Å². The van der Waals surface area contributed by atoms with Crippen LogP contribution in [0.3, 0.4) is 0 Å². The summed E-state index contributed by atoms with van der Waals surface area (Å²) in [7, 11) is 1.80. The molecule has 1 fully saturated rings. The van der Waals surface area contributed by atoms with E-state index in [9.17, 15) is 10.1 Å². The molecule has 1 unspecified atom stereocenters. The smallest absolute Gasteiger partial charge is 0.310 e. The van der Waals surface area contributed by atoms with Gasteiger partial charge in [-0.25, -0.2) is 0 Å². The third-order valence-electron chi connectivity index (χ3n) is 3.04. The van der Waals surface area contributed by atoms with Gasteiger partial charge < -0.3 is 15.0 Å². The minimum Gasteiger partial charge on any atom is -0.374 e. The van der Waals surface area contributed by atoms with Crippen LogP contribution in [0, 0.1) is 10.1 Å². The highest BCUT2D eigenvalue weighted by Gasteiger charge is 2.23. The van der Waals surface area contributed by atoms with Crippen molar-refractivity contribution in [2.75, 3.05) is 38.2 Å². The normalized spacial score (nSPS) is 19.2. The van der Waals surface area contributed by atoms with Crippen molar-refractivity contribution in [2.45, 2.75) is 6.10 Å². The van der Waals surface area contributed by atoms with E-state index in [-0.39, 0.29) is 16.8 Å². The van der Waals surface area contributed by atoms with Gasteiger partial charge in [-0.15, -0.1) is 0 Å². The molecule has 104 valence electrons. The van der Waals surface area contributed by atoms with Gasteiger partial charge in [-0.1, -0.05) is 17.7 Å². The Morgan fingerprint density at radius 3 is 3.05 bits per heavy atom. The Morgan fingerprint density at radius 1 is 1.63 bits per heavy atom. The van der Waals surface area contributed by atoms with Crippen molar-refractivity contribution in [3.8, 4) is 0 Å².